The molecule has 0 radical (unpaired) electrons. The van der Waals surface area contributed by atoms with Crippen LogP contribution in [0.4, 0.5) is 0 Å². The monoisotopic (exact) mass is 407 g/mol. The van der Waals surface area contributed by atoms with Crippen LogP contribution in [0.2, 0.25) is 0 Å². The van der Waals surface area contributed by atoms with Crippen molar-refractivity contribution in [1.82, 2.24) is 15.1 Å². The molecule has 3 atom stereocenters. The Morgan fingerprint density at radius 2 is 1.65 bits per heavy atom. The van der Waals surface area contributed by atoms with Crippen molar-refractivity contribution in [2.45, 2.75) is 57.0 Å². The molecule has 4 rings (SSSR count). The molecule has 1 amide bonds. The van der Waals surface area contributed by atoms with Gasteiger partial charge in [0.25, 0.3) is 0 Å². The van der Waals surface area contributed by atoms with Gasteiger partial charge in [-0.3, -0.25) is 9.69 Å². The van der Waals surface area contributed by atoms with Crippen LogP contribution in [0, 0.1) is 11.8 Å². The number of morpholine rings is 1. The van der Waals surface area contributed by atoms with Crippen LogP contribution >= 0.6 is 24.8 Å². The van der Waals surface area contributed by atoms with Crippen molar-refractivity contribution in [3.8, 4) is 0 Å². The number of halogens is 2. The Bertz CT molecular complexity index is 427. The van der Waals surface area contributed by atoms with Crippen LogP contribution in [0.15, 0.2) is 0 Å². The van der Waals surface area contributed by atoms with Gasteiger partial charge in [0.2, 0.25) is 5.91 Å². The van der Waals surface area contributed by atoms with E-state index < -0.39 is 0 Å². The molecule has 3 heterocycles. The second-order valence-corrected chi connectivity index (χ2v) is 8.29. The molecule has 3 unspecified atom stereocenters. The molecule has 1 N–H and O–H groups in total. The van der Waals surface area contributed by atoms with E-state index in [1.165, 1.54) is 45.1 Å². The molecule has 7 heteroatoms. The van der Waals surface area contributed by atoms with Crippen molar-refractivity contribution in [2.24, 2.45) is 11.8 Å². The van der Waals surface area contributed by atoms with Gasteiger partial charge in [-0.05, 0) is 43.9 Å². The van der Waals surface area contributed by atoms with E-state index >= 15 is 0 Å². The fraction of sp³-hybridized carbons (Fsp3) is 0.947. The summed E-state index contributed by atoms with van der Waals surface area (Å²) in [6.45, 7) is 7.03. The first-order valence-corrected chi connectivity index (χ1v) is 10.1. The molecule has 1 saturated carbocycles. The third-order valence-electron chi connectivity index (χ3n) is 6.71. The highest BCUT2D eigenvalue weighted by molar-refractivity contribution is 5.85. The smallest absolute Gasteiger partial charge is 0.239 e. The summed E-state index contributed by atoms with van der Waals surface area (Å²) in [7, 11) is 0. The number of amides is 1. The number of piperidine rings is 1. The van der Waals surface area contributed by atoms with Gasteiger partial charge in [0.1, 0.15) is 0 Å². The molecule has 0 aromatic carbocycles. The zero-order chi connectivity index (χ0) is 16.4. The lowest BCUT2D eigenvalue weighted by Gasteiger charge is -2.37. The average molecular weight is 408 g/mol. The lowest BCUT2D eigenvalue weighted by atomic mass is 9.85. The van der Waals surface area contributed by atoms with Crippen molar-refractivity contribution in [1.29, 1.82) is 0 Å². The van der Waals surface area contributed by atoms with E-state index in [-0.39, 0.29) is 30.9 Å². The molecular formula is C19H35Cl2N3O2. The minimum atomic E-state index is 0. The first-order valence-electron chi connectivity index (χ1n) is 10.1. The van der Waals surface area contributed by atoms with E-state index in [1.807, 2.05) is 0 Å². The van der Waals surface area contributed by atoms with E-state index in [0.29, 0.717) is 11.9 Å². The number of carbonyl (C=O) groups is 1. The lowest BCUT2D eigenvalue weighted by Crippen LogP contribution is -2.49. The summed E-state index contributed by atoms with van der Waals surface area (Å²) >= 11 is 0. The molecular weight excluding hydrogens is 373 g/mol. The van der Waals surface area contributed by atoms with Crippen LogP contribution < -0.4 is 5.32 Å². The Labute approximate surface area is 170 Å². The quantitative estimate of drug-likeness (QED) is 0.779. The van der Waals surface area contributed by atoms with E-state index in [2.05, 4.69) is 15.1 Å². The molecule has 0 aromatic rings. The first-order chi connectivity index (χ1) is 11.8. The number of hydrogen-bond donors (Lipinski definition) is 1. The average Bonchev–Trinajstić information content (AvgIpc) is 3.07. The number of ether oxygens (including phenoxy) is 1. The number of rotatable bonds is 3. The maximum absolute atomic E-state index is 12.9. The fourth-order valence-corrected chi connectivity index (χ4v) is 5.22. The van der Waals surface area contributed by atoms with Crippen LogP contribution in [0.5, 0.6) is 0 Å². The number of likely N-dealkylation sites (tertiary alicyclic amines) is 1. The molecule has 26 heavy (non-hydrogen) atoms. The van der Waals surface area contributed by atoms with Crippen molar-refractivity contribution >= 4 is 30.7 Å². The Morgan fingerprint density at radius 3 is 2.35 bits per heavy atom. The third-order valence-corrected chi connectivity index (χ3v) is 6.71. The Hall–Kier alpha value is -0.0700. The second kappa shape index (κ2) is 10.5. The maximum atomic E-state index is 12.9. The first kappa shape index (κ1) is 22.2. The van der Waals surface area contributed by atoms with Crippen LogP contribution in [-0.2, 0) is 9.53 Å². The van der Waals surface area contributed by atoms with E-state index in [9.17, 15) is 4.79 Å². The van der Waals surface area contributed by atoms with E-state index in [0.717, 1.165) is 57.6 Å². The van der Waals surface area contributed by atoms with E-state index in [4.69, 9.17) is 4.74 Å². The zero-order valence-corrected chi connectivity index (χ0v) is 17.4. The molecule has 0 aromatic heterocycles. The molecule has 3 aliphatic heterocycles. The molecule has 5 nitrogen and oxygen atoms in total. The van der Waals surface area contributed by atoms with Gasteiger partial charge < -0.3 is 15.0 Å². The summed E-state index contributed by atoms with van der Waals surface area (Å²) in [6, 6.07) is 0.723. The third kappa shape index (κ3) is 5.26. The van der Waals surface area contributed by atoms with Gasteiger partial charge in [-0.1, -0.05) is 12.8 Å². The van der Waals surface area contributed by atoms with E-state index in [1.54, 1.807) is 0 Å². The molecule has 0 bridgehead atoms. The molecule has 4 aliphatic rings. The summed E-state index contributed by atoms with van der Waals surface area (Å²) in [5.41, 5.74) is 0. The Kier molecular flexibility index (Phi) is 8.95. The van der Waals surface area contributed by atoms with Crippen LogP contribution in [0.3, 0.4) is 0 Å². The number of carbonyl (C=O) groups excluding carboxylic acids is 1. The summed E-state index contributed by atoms with van der Waals surface area (Å²) < 4.78 is 5.43. The predicted molar refractivity (Wildman–Crippen MR) is 108 cm³/mol. The van der Waals surface area contributed by atoms with Gasteiger partial charge in [-0.25, -0.2) is 0 Å². The van der Waals surface area contributed by atoms with Crippen LogP contribution in [0.25, 0.3) is 0 Å². The molecule has 3 saturated heterocycles. The summed E-state index contributed by atoms with van der Waals surface area (Å²) in [5.74, 6) is 1.90. The van der Waals surface area contributed by atoms with Crippen molar-refractivity contribution in [2.75, 3.05) is 45.9 Å². The maximum Gasteiger partial charge on any atom is 0.239 e. The summed E-state index contributed by atoms with van der Waals surface area (Å²) in [5, 5.41) is 3.65. The lowest BCUT2D eigenvalue weighted by molar-refractivity contribution is -0.134. The second-order valence-electron chi connectivity index (χ2n) is 8.29. The standard InChI is InChI=1S/C19H33N3O2.2ClH/c23-19(18-13-16-3-1-2-4-17(16)20-18)22-7-5-15(6-8-22)14-21-9-11-24-12-10-21;;/h15-18,20H,1-14H2;2*1H. The SMILES string of the molecule is Cl.Cl.O=C(C1CC2CCCCC2N1)N1CCC(CN2CCOCC2)CC1. The van der Waals surface area contributed by atoms with Gasteiger partial charge in [0.15, 0.2) is 0 Å². The number of fused-ring (bicyclic) bond motifs is 1. The highest BCUT2D eigenvalue weighted by Crippen LogP contribution is 2.34. The largest absolute Gasteiger partial charge is 0.379 e. The van der Waals surface area contributed by atoms with Gasteiger partial charge >= 0.3 is 0 Å². The van der Waals surface area contributed by atoms with Gasteiger partial charge in [-0.15, -0.1) is 24.8 Å². The summed E-state index contributed by atoms with van der Waals surface area (Å²) in [4.78, 5) is 17.6. The molecule has 0 spiro atoms. The van der Waals surface area contributed by atoms with Gasteiger partial charge in [-0.2, -0.15) is 0 Å². The van der Waals surface area contributed by atoms with Gasteiger partial charge in [0.05, 0.1) is 19.3 Å². The number of nitrogens with zero attached hydrogens (tertiary/aromatic N) is 2. The fourth-order valence-electron chi connectivity index (χ4n) is 5.22. The highest BCUT2D eigenvalue weighted by Gasteiger charge is 2.40. The highest BCUT2D eigenvalue weighted by atomic mass is 35.5. The minimum absolute atomic E-state index is 0. The number of hydrogen-bond acceptors (Lipinski definition) is 4. The van der Waals surface area contributed by atoms with Gasteiger partial charge in [0, 0.05) is 38.8 Å². The minimum Gasteiger partial charge on any atom is -0.379 e. The zero-order valence-electron chi connectivity index (χ0n) is 15.7. The Balaban J connectivity index is 0.00000121. The van der Waals surface area contributed by atoms with Crippen molar-refractivity contribution < 1.29 is 9.53 Å². The van der Waals surface area contributed by atoms with Crippen molar-refractivity contribution in [3.05, 3.63) is 0 Å². The molecule has 4 fully saturated rings. The summed E-state index contributed by atoms with van der Waals surface area (Å²) in [6.07, 6.45) is 8.71. The predicted octanol–water partition coefficient (Wildman–Crippen LogP) is 2.32. The molecule has 1 aliphatic carbocycles. The van der Waals surface area contributed by atoms with Crippen LogP contribution in [0.1, 0.15) is 44.9 Å². The molecule has 152 valence electrons. The Morgan fingerprint density at radius 1 is 0.962 bits per heavy atom. The van der Waals surface area contributed by atoms with Crippen LogP contribution in [-0.4, -0.2) is 73.7 Å². The topological polar surface area (TPSA) is 44.8 Å². The van der Waals surface area contributed by atoms with Crippen molar-refractivity contribution in [3.63, 3.8) is 0 Å². The number of nitrogens with one attached hydrogen (secondary N) is 1. The normalized spacial score (nSPS) is 33.1.